The predicted molar refractivity (Wildman–Crippen MR) is 71.3 cm³/mol. The lowest BCUT2D eigenvalue weighted by molar-refractivity contribution is -0.157. The SMILES string of the molecule is O=C(O)C1(Cc2cc(F)cc(Br)c2)CCCCC1=O. The number of rotatable bonds is 3. The van der Waals surface area contributed by atoms with Gasteiger partial charge in [-0.3, -0.25) is 9.59 Å². The molecule has 1 saturated carbocycles. The van der Waals surface area contributed by atoms with Gasteiger partial charge in [0.25, 0.3) is 0 Å². The minimum absolute atomic E-state index is 0.0531. The van der Waals surface area contributed by atoms with Crippen LogP contribution in [0.5, 0.6) is 0 Å². The third-order valence-electron chi connectivity index (χ3n) is 3.63. The van der Waals surface area contributed by atoms with Crippen LogP contribution in [0.3, 0.4) is 0 Å². The van der Waals surface area contributed by atoms with Gasteiger partial charge in [-0.25, -0.2) is 4.39 Å². The maximum atomic E-state index is 13.3. The second-order valence-electron chi connectivity index (χ2n) is 4.97. The average molecular weight is 329 g/mol. The van der Waals surface area contributed by atoms with Crippen molar-refractivity contribution in [1.82, 2.24) is 0 Å². The van der Waals surface area contributed by atoms with Gasteiger partial charge in [-0.05, 0) is 43.0 Å². The molecule has 19 heavy (non-hydrogen) atoms. The van der Waals surface area contributed by atoms with Gasteiger partial charge in [-0.15, -0.1) is 0 Å². The molecule has 0 amide bonds. The highest BCUT2D eigenvalue weighted by atomic mass is 79.9. The Morgan fingerprint density at radius 3 is 2.68 bits per heavy atom. The molecule has 1 aliphatic carbocycles. The molecule has 5 heteroatoms. The van der Waals surface area contributed by atoms with Crippen molar-refractivity contribution in [3.63, 3.8) is 0 Å². The minimum Gasteiger partial charge on any atom is -0.480 e. The second-order valence-corrected chi connectivity index (χ2v) is 5.89. The maximum absolute atomic E-state index is 13.3. The van der Waals surface area contributed by atoms with Crippen molar-refractivity contribution in [2.24, 2.45) is 5.41 Å². The van der Waals surface area contributed by atoms with Crippen molar-refractivity contribution in [2.75, 3.05) is 0 Å². The Hall–Kier alpha value is -1.23. The first-order valence-electron chi connectivity index (χ1n) is 6.16. The number of carboxylic acids is 1. The number of ketones is 1. The first kappa shape index (κ1) is 14.2. The van der Waals surface area contributed by atoms with E-state index in [-0.39, 0.29) is 12.2 Å². The van der Waals surface area contributed by atoms with Gasteiger partial charge in [-0.1, -0.05) is 22.4 Å². The van der Waals surface area contributed by atoms with Crippen molar-refractivity contribution < 1.29 is 19.1 Å². The topological polar surface area (TPSA) is 54.4 Å². The van der Waals surface area contributed by atoms with Crippen molar-refractivity contribution >= 4 is 27.7 Å². The number of carbonyl (C=O) groups excluding carboxylic acids is 1. The first-order valence-corrected chi connectivity index (χ1v) is 6.95. The molecular weight excluding hydrogens is 315 g/mol. The van der Waals surface area contributed by atoms with Gasteiger partial charge in [0.15, 0.2) is 5.78 Å². The number of aliphatic carboxylic acids is 1. The monoisotopic (exact) mass is 328 g/mol. The Bertz CT molecular complexity index is 509. The molecule has 0 spiro atoms. The van der Waals surface area contributed by atoms with Crippen LogP contribution in [0.15, 0.2) is 22.7 Å². The molecule has 1 aliphatic rings. The Morgan fingerprint density at radius 1 is 1.37 bits per heavy atom. The van der Waals surface area contributed by atoms with Crippen LogP contribution in [0.4, 0.5) is 4.39 Å². The second kappa shape index (κ2) is 5.41. The smallest absolute Gasteiger partial charge is 0.317 e. The number of hydrogen-bond donors (Lipinski definition) is 1. The van der Waals surface area contributed by atoms with E-state index in [9.17, 15) is 19.1 Å². The standard InChI is InChI=1S/C14H14BrFO3/c15-10-5-9(6-11(16)7-10)8-14(13(18)19)4-2-1-3-12(14)17/h5-7H,1-4,8H2,(H,18,19). The van der Waals surface area contributed by atoms with Crippen LogP contribution in [0.25, 0.3) is 0 Å². The molecule has 102 valence electrons. The summed E-state index contributed by atoms with van der Waals surface area (Å²) in [5, 5.41) is 9.43. The number of carboxylic acid groups (broad SMARTS) is 1. The Kier molecular flexibility index (Phi) is 4.04. The van der Waals surface area contributed by atoms with Crippen molar-refractivity contribution in [1.29, 1.82) is 0 Å². The molecule has 0 aliphatic heterocycles. The molecule has 1 aromatic rings. The minimum atomic E-state index is -1.38. The quantitative estimate of drug-likeness (QED) is 0.866. The van der Waals surface area contributed by atoms with Crippen LogP contribution in [-0.4, -0.2) is 16.9 Å². The summed E-state index contributed by atoms with van der Waals surface area (Å²) in [5.41, 5.74) is -0.851. The van der Waals surface area contributed by atoms with E-state index < -0.39 is 17.2 Å². The number of benzene rings is 1. The van der Waals surface area contributed by atoms with Crippen LogP contribution in [0.1, 0.15) is 31.2 Å². The predicted octanol–water partition coefficient (Wildman–Crippen LogP) is 3.34. The van der Waals surface area contributed by atoms with Gasteiger partial charge in [0.05, 0.1) is 0 Å². The average Bonchev–Trinajstić information content (AvgIpc) is 2.30. The number of hydrogen-bond acceptors (Lipinski definition) is 2. The highest BCUT2D eigenvalue weighted by molar-refractivity contribution is 9.10. The van der Waals surface area contributed by atoms with Crippen molar-refractivity contribution in [3.05, 3.63) is 34.1 Å². The molecule has 0 aromatic heterocycles. The fourth-order valence-corrected chi connectivity index (χ4v) is 3.15. The van der Waals surface area contributed by atoms with Gasteiger partial charge >= 0.3 is 5.97 Å². The van der Waals surface area contributed by atoms with Gasteiger partial charge in [0.2, 0.25) is 0 Å². The number of carbonyl (C=O) groups is 2. The molecule has 0 saturated heterocycles. The summed E-state index contributed by atoms with van der Waals surface area (Å²) in [7, 11) is 0. The molecule has 0 heterocycles. The van der Waals surface area contributed by atoms with Crippen LogP contribution in [0, 0.1) is 11.2 Å². The van der Waals surface area contributed by atoms with Crippen molar-refractivity contribution in [3.8, 4) is 0 Å². The zero-order valence-corrected chi connectivity index (χ0v) is 11.9. The summed E-state index contributed by atoms with van der Waals surface area (Å²) >= 11 is 3.18. The van der Waals surface area contributed by atoms with E-state index in [1.165, 1.54) is 12.1 Å². The lowest BCUT2D eigenvalue weighted by Gasteiger charge is -2.31. The summed E-state index contributed by atoms with van der Waals surface area (Å²) in [6.45, 7) is 0. The molecule has 1 fully saturated rings. The largest absolute Gasteiger partial charge is 0.480 e. The normalized spacial score (nSPS) is 23.4. The van der Waals surface area contributed by atoms with Crippen LogP contribution < -0.4 is 0 Å². The van der Waals surface area contributed by atoms with E-state index >= 15 is 0 Å². The van der Waals surface area contributed by atoms with E-state index in [0.717, 1.165) is 6.42 Å². The molecule has 0 radical (unpaired) electrons. The summed E-state index contributed by atoms with van der Waals surface area (Å²) in [6, 6.07) is 4.26. The van der Waals surface area contributed by atoms with Crippen LogP contribution in [-0.2, 0) is 16.0 Å². The highest BCUT2D eigenvalue weighted by Gasteiger charge is 2.46. The summed E-state index contributed by atoms with van der Waals surface area (Å²) in [5.74, 6) is -1.78. The Labute approximate surface area is 118 Å². The molecule has 0 bridgehead atoms. The highest BCUT2D eigenvalue weighted by Crippen LogP contribution is 2.37. The molecular formula is C14H14BrFO3. The third kappa shape index (κ3) is 2.86. The number of Topliss-reactive ketones (excluding diaryl/α,β-unsaturated/α-hetero) is 1. The van der Waals surface area contributed by atoms with E-state index in [1.54, 1.807) is 6.07 Å². The summed E-state index contributed by atoms with van der Waals surface area (Å²) in [4.78, 5) is 23.6. The Balaban J connectivity index is 2.35. The zero-order chi connectivity index (χ0) is 14.0. The van der Waals surface area contributed by atoms with Gasteiger partial charge in [0, 0.05) is 10.9 Å². The van der Waals surface area contributed by atoms with E-state index in [0.29, 0.717) is 29.3 Å². The fraction of sp³-hybridized carbons (Fsp3) is 0.429. The van der Waals surface area contributed by atoms with Gasteiger partial charge in [0.1, 0.15) is 11.2 Å². The lowest BCUT2D eigenvalue weighted by Crippen LogP contribution is -2.43. The van der Waals surface area contributed by atoms with Crippen molar-refractivity contribution in [2.45, 2.75) is 32.1 Å². The number of halogens is 2. The molecule has 3 nitrogen and oxygen atoms in total. The first-order chi connectivity index (χ1) is 8.94. The zero-order valence-electron chi connectivity index (χ0n) is 10.3. The van der Waals surface area contributed by atoms with Crippen LogP contribution in [0.2, 0.25) is 0 Å². The summed E-state index contributed by atoms with van der Waals surface area (Å²) < 4.78 is 13.9. The molecule has 1 N–H and O–H groups in total. The summed E-state index contributed by atoms with van der Waals surface area (Å²) in [6.07, 6.45) is 2.13. The molecule has 2 rings (SSSR count). The van der Waals surface area contributed by atoms with Gasteiger partial charge < -0.3 is 5.11 Å². The van der Waals surface area contributed by atoms with E-state index in [1.807, 2.05) is 0 Å². The third-order valence-corrected chi connectivity index (χ3v) is 4.09. The molecule has 1 atom stereocenters. The van der Waals surface area contributed by atoms with E-state index in [4.69, 9.17) is 0 Å². The Morgan fingerprint density at radius 2 is 2.11 bits per heavy atom. The van der Waals surface area contributed by atoms with E-state index in [2.05, 4.69) is 15.9 Å². The molecule has 1 unspecified atom stereocenters. The lowest BCUT2D eigenvalue weighted by atomic mass is 9.69. The molecule has 1 aromatic carbocycles. The maximum Gasteiger partial charge on any atom is 0.317 e. The fourth-order valence-electron chi connectivity index (χ4n) is 2.64. The van der Waals surface area contributed by atoms with Crippen LogP contribution >= 0.6 is 15.9 Å². The van der Waals surface area contributed by atoms with Gasteiger partial charge in [-0.2, -0.15) is 0 Å².